The Morgan fingerprint density at radius 1 is 0.781 bits per heavy atom. The monoisotopic (exact) mass is 484 g/mol. The minimum Gasteiger partial charge on any atom is -0.355 e. The third-order valence-corrected chi connectivity index (χ3v) is 7.25. The standard InChI is InChI=1S/C25H19Cl3N2O2/c26-16-5-1-3-14(9-16)20-12-23(31)29-13-21(15-4-2-6-17(27)10-15)25(20)19-8-7-18(28)11-22(19)30-24(25)32/h1-11,20-21H,12-13H2,(H,29,31)(H,30,32)/t20-,21+,25?/m1/s1. The maximum absolute atomic E-state index is 14.0. The molecule has 162 valence electrons. The second kappa shape index (κ2) is 8.11. The normalized spacial score (nSPS) is 24.6. The Bertz CT molecular complexity index is 1250. The van der Waals surface area contributed by atoms with Gasteiger partial charge >= 0.3 is 0 Å². The minimum absolute atomic E-state index is 0.117. The van der Waals surface area contributed by atoms with Gasteiger partial charge in [-0.05, 0) is 53.1 Å². The van der Waals surface area contributed by atoms with Gasteiger partial charge in [0.2, 0.25) is 11.8 Å². The molecule has 7 heteroatoms. The van der Waals surface area contributed by atoms with Crippen LogP contribution >= 0.6 is 34.8 Å². The van der Waals surface area contributed by atoms with Gasteiger partial charge < -0.3 is 10.6 Å². The Hall–Kier alpha value is -2.53. The van der Waals surface area contributed by atoms with E-state index < -0.39 is 11.3 Å². The molecule has 1 unspecified atom stereocenters. The van der Waals surface area contributed by atoms with Crippen molar-refractivity contribution in [2.45, 2.75) is 23.7 Å². The molecule has 3 atom stereocenters. The molecule has 0 aromatic heterocycles. The number of carbonyl (C=O) groups is 2. The Balaban J connectivity index is 1.83. The van der Waals surface area contributed by atoms with Crippen LogP contribution in [0.2, 0.25) is 15.1 Å². The summed E-state index contributed by atoms with van der Waals surface area (Å²) in [5.74, 6) is -1.09. The fourth-order valence-corrected chi connectivity index (χ4v) is 5.84. The maximum Gasteiger partial charge on any atom is 0.236 e. The van der Waals surface area contributed by atoms with Crippen molar-refractivity contribution < 1.29 is 9.59 Å². The first-order valence-electron chi connectivity index (χ1n) is 10.3. The summed E-state index contributed by atoms with van der Waals surface area (Å²) in [6.45, 7) is 0.297. The van der Waals surface area contributed by atoms with Gasteiger partial charge in [-0.3, -0.25) is 9.59 Å². The van der Waals surface area contributed by atoms with Gasteiger partial charge in [0.05, 0.1) is 5.41 Å². The lowest BCUT2D eigenvalue weighted by molar-refractivity contribution is -0.123. The fraction of sp³-hybridized carbons (Fsp3) is 0.200. The first kappa shape index (κ1) is 21.3. The molecule has 3 aromatic carbocycles. The Kier molecular flexibility index (Phi) is 5.40. The Morgan fingerprint density at radius 3 is 2.06 bits per heavy atom. The van der Waals surface area contributed by atoms with Gasteiger partial charge in [0, 0.05) is 45.6 Å². The van der Waals surface area contributed by atoms with Crippen LogP contribution in [0.25, 0.3) is 0 Å². The summed E-state index contributed by atoms with van der Waals surface area (Å²) in [6, 6.07) is 20.3. The molecule has 0 saturated carbocycles. The predicted molar refractivity (Wildman–Crippen MR) is 128 cm³/mol. The number of halogens is 3. The van der Waals surface area contributed by atoms with E-state index in [4.69, 9.17) is 34.8 Å². The van der Waals surface area contributed by atoms with E-state index in [-0.39, 0.29) is 24.2 Å². The van der Waals surface area contributed by atoms with Crippen molar-refractivity contribution in [1.29, 1.82) is 0 Å². The lowest BCUT2D eigenvalue weighted by Crippen LogP contribution is -2.46. The molecule has 5 rings (SSSR count). The molecule has 2 aliphatic rings. The van der Waals surface area contributed by atoms with Crippen molar-refractivity contribution in [2.75, 3.05) is 11.9 Å². The van der Waals surface area contributed by atoms with Crippen LogP contribution in [0.3, 0.4) is 0 Å². The Morgan fingerprint density at radius 2 is 1.41 bits per heavy atom. The topological polar surface area (TPSA) is 58.2 Å². The molecule has 1 saturated heterocycles. The van der Waals surface area contributed by atoms with Crippen LogP contribution in [-0.4, -0.2) is 18.4 Å². The van der Waals surface area contributed by atoms with Gasteiger partial charge in [-0.1, -0.05) is 65.1 Å². The van der Waals surface area contributed by atoms with E-state index in [1.807, 2.05) is 42.5 Å². The van der Waals surface area contributed by atoms with Crippen LogP contribution in [0.15, 0.2) is 66.7 Å². The highest BCUT2D eigenvalue weighted by molar-refractivity contribution is 6.31. The van der Waals surface area contributed by atoms with E-state index in [0.717, 1.165) is 16.7 Å². The number of anilines is 1. The number of amides is 2. The first-order valence-corrected chi connectivity index (χ1v) is 11.4. The average molecular weight is 486 g/mol. The number of rotatable bonds is 2. The summed E-state index contributed by atoms with van der Waals surface area (Å²) in [4.78, 5) is 26.8. The van der Waals surface area contributed by atoms with Gasteiger partial charge in [-0.25, -0.2) is 0 Å². The zero-order chi connectivity index (χ0) is 22.5. The van der Waals surface area contributed by atoms with Gasteiger partial charge in [0.25, 0.3) is 0 Å². The van der Waals surface area contributed by atoms with E-state index in [2.05, 4.69) is 10.6 Å². The number of fused-ring (bicyclic) bond motifs is 2. The van der Waals surface area contributed by atoms with E-state index >= 15 is 0 Å². The highest BCUT2D eigenvalue weighted by Gasteiger charge is 2.59. The van der Waals surface area contributed by atoms with Crippen molar-refractivity contribution in [3.63, 3.8) is 0 Å². The van der Waals surface area contributed by atoms with Crippen LogP contribution in [0.4, 0.5) is 5.69 Å². The molecular weight excluding hydrogens is 467 g/mol. The number of hydrogen-bond donors (Lipinski definition) is 2. The third-order valence-electron chi connectivity index (χ3n) is 6.55. The lowest BCUT2D eigenvalue weighted by Gasteiger charge is -2.40. The van der Waals surface area contributed by atoms with Crippen molar-refractivity contribution in [3.8, 4) is 0 Å². The minimum atomic E-state index is -1.06. The summed E-state index contributed by atoms with van der Waals surface area (Å²) < 4.78 is 0. The van der Waals surface area contributed by atoms with E-state index in [0.29, 0.717) is 27.3 Å². The Labute approximate surface area is 200 Å². The molecule has 1 spiro atoms. The van der Waals surface area contributed by atoms with Crippen LogP contribution in [0, 0.1) is 0 Å². The molecule has 0 bridgehead atoms. The molecular formula is C25H19Cl3N2O2. The highest BCUT2D eigenvalue weighted by Crippen LogP contribution is 2.57. The lowest BCUT2D eigenvalue weighted by atomic mass is 9.59. The van der Waals surface area contributed by atoms with Crippen molar-refractivity contribution in [3.05, 3.63) is 98.5 Å². The number of hydrogen-bond acceptors (Lipinski definition) is 2. The van der Waals surface area contributed by atoms with E-state index in [9.17, 15) is 9.59 Å². The molecule has 2 aliphatic heterocycles. The third kappa shape index (κ3) is 3.38. The molecule has 4 nitrogen and oxygen atoms in total. The molecule has 2 N–H and O–H groups in total. The second-order valence-electron chi connectivity index (χ2n) is 8.24. The molecule has 1 fully saturated rings. The molecule has 32 heavy (non-hydrogen) atoms. The van der Waals surface area contributed by atoms with Gasteiger partial charge in [-0.15, -0.1) is 0 Å². The molecule has 3 aromatic rings. The average Bonchev–Trinajstić information content (AvgIpc) is 2.93. The molecule has 0 aliphatic carbocycles. The first-order chi connectivity index (χ1) is 15.4. The van der Waals surface area contributed by atoms with Crippen LogP contribution in [-0.2, 0) is 15.0 Å². The zero-order valence-electron chi connectivity index (χ0n) is 16.9. The SMILES string of the molecule is O=C1C[C@H](c2cccc(Cl)c2)C2(C(=O)Nc3cc(Cl)ccc32)[C@H](c2cccc(Cl)c2)CN1. The van der Waals surface area contributed by atoms with Crippen LogP contribution in [0.1, 0.15) is 34.9 Å². The fourth-order valence-electron chi connectivity index (χ4n) is 5.27. The van der Waals surface area contributed by atoms with Gasteiger partial charge in [-0.2, -0.15) is 0 Å². The zero-order valence-corrected chi connectivity index (χ0v) is 19.1. The van der Waals surface area contributed by atoms with Crippen molar-refractivity contribution in [1.82, 2.24) is 5.32 Å². The summed E-state index contributed by atoms with van der Waals surface area (Å²) in [5.41, 5.74) is 2.13. The van der Waals surface area contributed by atoms with Crippen LogP contribution < -0.4 is 10.6 Å². The summed E-state index contributed by atoms with van der Waals surface area (Å²) in [7, 11) is 0. The second-order valence-corrected chi connectivity index (χ2v) is 9.55. The van der Waals surface area contributed by atoms with E-state index in [1.165, 1.54) is 0 Å². The smallest absolute Gasteiger partial charge is 0.236 e. The van der Waals surface area contributed by atoms with Gasteiger partial charge in [0.1, 0.15) is 0 Å². The molecule has 2 amide bonds. The highest BCUT2D eigenvalue weighted by atomic mass is 35.5. The largest absolute Gasteiger partial charge is 0.355 e. The van der Waals surface area contributed by atoms with Gasteiger partial charge in [0.15, 0.2) is 0 Å². The quantitative estimate of drug-likeness (QED) is 0.473. The number of nitrogens with one attached hydrogen (secondary N) is 2. The molecule has 0 radical (unpaired) electrons. The van der Waals surface area contributed by atoms with Crippen LogP contribution in [0.5, 0.6) is 0 Å². The maximum atomic E-state index is 14.0. The number of benzene rings is 3. The summed E-state index contributed by atoms with van der Waals surface area (Å²) in [5, 5.41) is 7.72. The summed E-state index contributed by atoms with van der Waals surface area (Å²) >= 11 is 18.9. The number of carbonyl (C=O) groups excluding carboxylic acids is 2. The summed E-state index contributed by atoms with van der Waals surface area (Å²) in [6.07, 6.45) is 0.146. The molecule has 2 heterocycles. The van der Waals surface area contributed by atoms with E-state index in [1.54, 1.807) is 24.3 Å². The van der Waals surface area contributed by atoms with Crippen molar-refractivity contribution >= 4 is 52.3 Å². The van der Waals surface area contributed by atoms with Crippen molar-refractivity contribution in [2.24, 2.45) is 0 Å². The predicted octanol–water partition coefficient (Wildman–Crippen LogP) is 5.92.